The first-order valence-electron chi connectivity index (χ1n) is 6.19. The summed E-state index contributed by atoms with van der Waals surface area (Å²) in [6.07, 6.45) is 3.32. The number of ketones is 1. The zero-order valence-corrected chi connectivity index (χ0v) is 12.2. The van der Waals surface area contributed by atoms with Gasteiger partial charge in [0.1, 0.15) is 5.41 Å². The molecule has 18 heavy (non-hydrogen) atoms. The van der Waals surface area contributed by atoms with Crippen LogP contribution in [0, 0.1) is 16.7 Å². The van der Waals surface area contributed by atoms with Gasteiger partial charge in [-0.05, 0) is 35.2 Å². The number of Topliss-reactive ketones (excluding diaryl/α,β-unsaturated/α-hetero) is 1. The molecule has 0 aromatic carbocycles. The number of halogens is 1. The van der Waals surface area contributed by atoms with Gasteiger partial charge in [0.15, 0.2) is 5.78 Å². The number of nitriles is 1. The molecule has 1 unspecified atom stereocenters. The van der Waals surface area contributed by atoms with Crippen molar-refractivity contribution in [2.24, 2.45) is 12.5 Å². The van der Waals surface area contributed by atoms with Crippen LogP contribution in [0.4, 0.5) is 0 Å². The minimum atomic E-state index is -0.832. The summed E-state index contributed by atoms with van der Waals surface area (Å²) in [6.45, 7) is 2.04. The van der Waals surface area contributed by atoms with E-state index in [-0.39, 0.29) is 5.78 Å². The number of carbonyl (C=O) groups is 1. The Morgan fingerprint density at radius 1 is 1.61 bits per heavy atom. The van der Waals surface area contributed by atoms with Gasteiger partial charge >= 0.3 is 0 Å². The fourth-order valence-corrected chi connectivity index (χ4v) is 3.33. The minimum absolute atomic E-state index is 0.0798. The lowest BCUT2D eigenvalue weighted by Crippen LogP contribution is -2.27. The summed E-state index contributed by atoms with van der Waals surface area (Å²) in [7, 11) is 1.86. The van der Waals surface area contributed by atoms with E-state index in [9.17, 15) is 10.1 Å². The van der Waals surface area contributed by atoms with Crippen molar-refractivity contribution < 1.29 is 4.79 Å². The fourth-order valence-electron chi connectivity index (χ4n) is 2.57. The molecule has 1 fully saturated rings. The van der Waals surface area contributed by atoms with Gasteiger partial charge in [-0.3, -0.25) is 9.48 Å². The molecule has 5 heteroatoms. The number of aryl methyl sites for hydroxylation is 2. The van der Waals surface area contributed by atoms with Crippen LogP contribution in [-0.2, 0) is 24.7 Å². The molecule has 1 aromatic heterocycles. The van der Waals surface area contributed by atoms with Crippen molar-refractivity contribution in [2.75, 3.05) is 0 Å². The summed E-state index contributed by atoms with van der Waals surface area (Å²) in [5.41, 5.74) is 1.09. The Labute approximate surface area is 115 Å². The molecule has 0 N–H and O–H groups in total. The third kappa shape index (κ3) is 1.99. The molecular weight excluding hydrogens is 294 g/mol. The van der Waals surface area contributed by atoms with Gasteiger partial charge in [-0.25, -0.2) is 0 Å². The summed E-state index contributed by atoms with van der Waals surface area (Å²) >= 11 is 3.54. The Morgan fingerprint density at radius 2 is 2.33 bits per heavy atom. The van der Waals surface area contributed by atoms with Crippen LogP contribution in [0.2, 0.25) is 0 Å². The average Bonchev–Trinajstić information content (AvgIpc) is 2.85. The SMILES string of the molecule is CCc1nn(C)c(CC2(C#N)CCCC2=O)c1Br. The van der Waals surface area contributed by atoms with Crippen LogP contribution in [0.5, 0.6) is 0 Å². The van der Waals surface area contributed by atoms with Crippen molar-refractivity contribution in [3.8, 4) is 6.07 Å². The predicted molar refractivity (Wildman–Crippen MR) is 70.9 cm³/mol. The number of hydrogen-bond donors (Lipinski definition) is 0. The first kappa shape index (κ1) is 13.3. The summed E-state index contributed by atoms with van der Waals surface area (Å²) < 4.78 is 2.73. The second-order valence-electron chi connectivity index (χ2n) is 4.83. The van der Waals surface area contributed by atoms with Gasteiger partial charge in [0.05, 0.1) is 21.9 Å². The molecule has 0 saturated heterocycles. The van der Waals surface area contributed by atoms with E-state index in [0.29, 0.717) is 19.3 Å². The lowest BCUT2D eigenvalue weighted by atomic mass is 9.82. The van der Waals surface area contributed by atoms with Crippen LogP contribution in [-0.4, -0.2) is 15.6 Å². The topological polar surface area (TPSA) is 58.7 Å². The van der Waals surface area contributed by atoms with Crippen molar-refractivity contribution in [2.45, 2.75) is 39.0 Å². The normalized spacial score (nSPS) is 23.3. The Balaban J connectivity index is 2.37. The van der Waals surface area contributed by atoms with E-state index < -0.39 is 5.41 Å². The van der Waals surface area contributed by atoms with Crippen molar-refractivity contribution in [3.05, 3.63) is 15.9 Å². The van der Waals surface area contributed by atoms with Crippen LogP contribution < -0.4 is 0 Å². The third-order valence-electron chi connectivity index (χ3n) is 3.73. The zero-order valence-electron chi connectivity index (χ0n) is 10.7. The van der Waals surface area contributed by atoms with Crippen LogP contribution >= 0.6 is 15.9 Å². The number of aromatic nitrogens is 2. The average molecular weight is 310 g/mol. The Bertz CT molecular complexity index is 529. The number of rotatable bonds is 3. The summed E-state index contributed by atoms with van der Waals surface area (Å²) in [4.78, 5) is 12.0. The maximum Gasteiger partial charge on any atom is 0.153 e. The Kier molecular flexibility index (Phi) is 3.58. The quantitative estimate of drug-likeness (QED) is 0.862. The third-order valence-corrected chi connectivity index (χ3v) is 4.64. The maximum atomic E-state index is 12.0. The van der Waals surface area contributed by atoms with Gasteiger partial charge in [0.25, 0.3) is 0 Å². The number of hydrogen-bond acceptors (Lipinski definition) is 3. The van der Waals surface area contributed by atoms with Crippen molar-refractivity contribution in [1.29, 1.82) is 5.26 Å². The van der Waals surface area contributed by atoms with E-state index in [4.69, 9.17) is 0 Å². The molecule has 1 aliphatic rings. The molecule has 96 valence electrons. The second kappa shape index (κ2) is 4.85. The maximum absolute atomic E-state index is 12.0. The van der Waals surface area contributed by atoms with Crippen LogP contribution in [0.15, 0.2) is 4.47 Å². The fraction of sp³-hybridized carbons (Fsp3) is 0.615. The van der Waals surface area contributed by atoms with Crippen LogP contribution in [0.1, 0.15) is 37.6 Å². The van der Waals surface area contributed by atoms with Crippen LogP contribution in [0.25, 0.3) is 0 Å². The molecular formula is C13H16BrN3O. The van der Waals surface area contributed by atoms with E-state index in [2.05, 4.69) is 27.1 Å². The molecule has 0 amide bonds. The molecule has 0 spiro atoms. The molecule has 1 saturated carbocycles. The standard InChI is InChI=1S/C13H16BrN3O/c1-3-9-12(14)10(17(2)16-9)7-13(8-15)6-4-5-11(13)18/h3-7H2,1-2H3. The lowest BCUT2D eigenvalue weighted by molar-refractivity contribution is -0.123. The monoisotopic (exact) mass is 309 g/mol. The minimum Gasteiger partial charge on any atom is -0.298 e. The molecule has 1 heterocycles. The van der Waals surface area contributed by atoms with Crippen molar-refractivity contribution in [3.63, 3.8) is 0 Å². The van der Waals surface area contributed by atoms with E-state index >= 15 is 0 Å². The molecule has 0 radical (unpaired) electrons. The van der Waals surface area contributed by atoms with Gasteiger partial charge in [0, 0.05) is 19.9 Å². The van der Waals surface area contributed by atoms with Crippen molar-refractivity contribution in [1.82, 2.24) is 9.78 Å². The Morgan fingerprint density at radius 3 is 2.78 bits per heavy atom. The molecule has 2 rings (SSSR count). The first-order valence-corrected chi connectivity index (χ1v) is 6.98. The highest BCUT2D eigenvalue weighted by atomic mass is 79.9. The van der Waals surface area contributed by atoms with Crippen LogP contribution in [0.3, 0.4) is 0 Å². The van der Waals surface area contributed by atoms with Gasteiger partial charge in [0.2, 0.25) is 0 Å². The zero-order chi connectivity index (χ0) is 13.3. The van der Waals surface area contributed by atoms with E-state index in [1.165, 1.54) is 0 Å². The molecule has 0 bridgehead atoms. The van der Waals surface area contributed by atoms with Gasteiger partial charge < -0.3 is 0 Å². The Hall–Kier alpha value is -1.15. The van der Waals surface area contributed by atoms with Gasteiger partial charge in [-0.2, -0.15) is 10.4 Å². The molecule has 4 nitrogen and oxygen atoms in total. The molecule has 1 aliphatic carbocycles. The summed E-state index contributed by atoms with van der Waals surface area (Å²) in [6, 6.07) is 2.25. The number of carbonyl (C=O) groups excluding carboxylic acids is 1. The highest BCUT2D eigenvalue weighted by Gasteiger charge is 2.43. The van der Waals surface area contributed by atoms with E-state index in [1.807, 2.05) is 14.0 Å². The number of nitrogens with zero attached hydrogens (tertiary/aromatic N) is 3. The highest BCUT2D eigenvalue weighted by molar-refractivity contribution is 9.10. The molecule has 0 aliphatic heterocycles. The van der Waals surface area contributed by atoms with E-state index in [0.717, 1.165) is 28.7 Å². The molecule has 1 aromatic rings. The van der Waals surface area contributed by atoms with Gasteiger partial charge in [-0.1, -0.05) is 6.92 Å². The summed E-state index contributed by atoms with van der Waals surface area (Å²) in [5.74, 6) is 0.0798. The summed E-state index contributed by atoms with van der Waals surface area (Å²) in [5, 5.41) is 13.8. The van der Waals surface area contributed by atoms with E-state index in [1.54, 1.807) is 4.68 Å². The highest BCUT2D eigenvalue weighted by Crippen LogP contribution is 2.39. The molecule has 1 atom stereocenters. The predicted octanol–water partition coefficient (Wildman–Crippen LogP) is 2.55. The first-order chi connectivity index (χ1) is 8.54. The smallest absolute Gasteiger partial charge is 0.153 e. The van der Waals surface area contributed by atoms with Crippen molar-refractivity contribution >= 4 is 21.7 Å². The van der Waals surface area contributed by atoms with Gasteiger partial charge in [-0.15, -0.1) is 0 Å². The second-order valence-corrected chi connectivity index (χ2v) is 5.62. The lowest BCUT2D eigenvalue weighted by Gasteiger charge is -2.18. The largest absolute Gasteiger partial charge is 0.298 e.